The summed E-state index contributed by atoms with van der Waals surface area (Å²) in [5, 5.41) is 7.03. The quantitative estimate of drug-likeness (QED) is 0.461. The van der Waals surface area contributed by atoms with Crippen molar-refractivity contribution in [1.29, 1.82) is 0 Å². The zero-order chi connectivity index (χ0) is 22.4. The molecule has 6 heteroatoms. The maximum Gasteiger partial charge on any atom is 0.226 e. The number of nitrogens with one attached hydrogen (secondary N) is 2. The molecule has 0 spiro atoms. The van der Waals surface area contributed by atoms with Gasteiger partial charge in [-0.3, -0.25) is 9.59 Å². The first-order valence-corrected chi connectivity index (χ1v) is 11.7. The molecule has 1 heterocycles. The van der Waals surface area contributed by atoms with Gasteiger partial charge in [-0.2, -0.15) is 0 Å². The van der Waals surface area contributed by atoms with E-state index in [4.69, 9.17) is 4.98 Å². The molecule has 2 N–H and O–H groups in total. The minimum atomic E-state index is -0.489. The summed E-state index contributed by atoms with van der Waals surface area (Å²) in [6.45, 7) is 8.28. The smallest absolute Gasteiger partial charge is 0.226 e. The van der Waals surface area contributed by atoms with E-state index in [0.29, 0.717) is 13.0 Å². The predicted octanol–water partition coefficient (Wildman–Crippen LogP) is 5.56. The highest BCUT2D eigenvalue weighted by Gasteiger charge is 2.36. The molecule has 3 aromatic rings. The van der Waals surface area contributed by atoms with E-state index < -0.39 is 5.41 Å². The van der Waals surface area contributed by atoms with E-state index in [0.717, 1.165) is 39.3 Å². The standard InChI is InChI=1S/C25H31N3O2S/c1-5-25(6-2,15-22-28-20-12-7-8-13-21(20)31-22)24(30)26-16-18-10-9-11-19(14-18)27-23(29)17(3)4/h7-14,17H,5-6,15-16H2,1-4H3,(H,26,30)(H,27,29). The van der Waals surface area contributed by atoms with Crippen LogP contribution in [0.25, 0.3) is 10.2 Å². The van der Waals surface area contributed by atoms with Crippen LogP contribution in [0.3, 0.4) is 0 Å². The van der Waals surface area contributed by atoms with Crippen molar-refractivity contribution in [1.82, 2.24) is 10.3 Å². The molecule has 164 valence electrons. The molecular weight excluding hydrogens is 406 g/mol. The topological polar surface area (TPSA) is 71.1 Å². The minimum Gasteiger partial charge on any atom is -0.352 e. The highest BCUT2D eigenvalue weighted by Crippen LogP contribution is 2.34. The zero-order valence-corrected chi connectivity index (χ0v) is 19.5. The summed E-state index contributed by atoms with van der Waals surface area (Å²) in [5.41, 5.74) is 2.20. The molecule has 0 aliphatic rings. The van der Waals surface area contributed by atoms with Crippen LogP contribution in [0.4, 0.5) is 5.69 Å². The van der Waals surface area contributed by atoms with Crippen LogP contribution in [-0.4, -0.2) is 16.8 Å². The molecule has 5 nitrogen and oxygen atoms in total. The lowest BCUT2D eigenvalue weighted by molar-refractivity contribution is -0.131. The maximum atomic E-state index is 13.3. The number of carbonyl (C=O) groups excluding carboxylic acids is 2. The maximum absolute atomic E-state index is 13.3. The van der Waals surface area contributed by atoms with Gasteiger partial charge in [0, 0.05) is 24.6 Å². The highest BCUT2D eigenvalue weighted by atomic mass is 32.1. The molecule has 0 saturated carbocycles. The number of rotatable bonds is 9. The van der Waals surface area contributed by atoms with E-state index in [1.807, 2.05) is 56.3 Å². The molecule has 0 saturated heterocycles. The number of hydrogen-bond donors (Lipinski definition) is 2. The van der Waals surface area contributed by atoms with E-state index in [9.17, 15) is 9.59 Å². The van der Waals surface area contributed by atoms with Gasteiger partial charge < -0.3 is 10.6 Å². The SMILES string of the molecule is CCC(CC)(Cc1nc2ccccc2s1)C(=O)NCc1cccc(NC(=O)C(C)C)c1. The van der Waals surface area contributed by atoms with Crippen LogP contribution in [-0.2, 0) is 22.6 Å². The fraction of sp³-hybridized carbons (Fsp3) is 0.400. The average Bonchev–Trinajstić information content (AvgIpc) is 3.18. The molecule has 2 aromatic carbocycles. The van der Waals surface area contributed by atoms with Gasteiger partial charge in [0.2, 0.25) is 11.8 Å². The Morgan fingerprint density at radius 3 is 2.48 bits per heavy atom. The van der Waals surface area contributed by atoms with Gasteiger partial charge >= 0.3 is 0 Å². The van der Waals surface area contributed by atoms with Crippen LogP contribution < -0.4 is 10.6 Å². The van der Waals surface area contributed by atoms with Crippen molar-refractivity contribution in [3.63, 3.8) is 0 Å². The molecule has 0 aliphatic carbocycles. The molecule has 31 heavy (non-hydrogen) atoms. The Labute approximate surface area is 188 Å². The molecule has 0 radical (unpaired) electrons. The van der Waals surface area contributed by atoms with E-state index in [2.05, 4.69) is 30.5 Å². The summed E-state index contributed by atoms with van der Waals surface area (Å²) in [6, 6.07) is 15.7. The van der Waals surface area contributed by atoms with Crippen LogP contribution in [0.5, 0.6) is 0 Å². The average molecular weight is 438 g/mol. The third-order valence-corrected chi connectivity index (χ3v) is 6.87. The lowest BCUT2D eigenvalue weighted by Crippen LogP contribution is -2.41. The van der Waals surface area contributed by atoms with E-state index >= 15 is 0 Å². The number of aromatic nitrogens is 1. The van der Waals surface area contributed by atoms with Gasteiger partial charge in [0.15, 0.2) is 0 Å². The number of fused-ring (bicyclic) bond motifs is 1. The van der Waals surface area contributed by atoms with Crippen molar-refractivity contribution in [3.05, 3.63) is 59.1 Å². The largest absolute Gasteiger partial charge is 0.352 e. The minimum absolute atomic E-state index is 0.0204. The number of amides is 2. The van der Waals surface area contributed by atoms with E-state index in [1.165, 1.54) is 0 Å². The monoisotopic (exact) mass is 437 g/mol. The number of thiazole rings is 1. The molecule has 3 rings (SSSR count). The predicted molar refractivity (Wildman–Crippen MR) is 128 cm³/mol. The first kappa shape index (κ1) is 22.9. The zero-order valence-electron chi connectivity index (χ0n) is 18.7. The Morgan fingerprint density at radius 2 is 1.81 bits per heavy atom. The summed E-state index contributed by atoms with van der Waals surface area (Å²) >= 11 is 1.67. The summed E-state index contributed by atoms with van der Waals surface area (Å²) in [4.78, 5) is 30.0. The molecule has 0 unspecified atom stereocenters. The molecule has 2 amide bonds. The van der Waals surface area contributed by atoms with Gasteiger partial charge in [-0.25, -0.2) is 4.98 Å². The second-order valence-corrected chi connectivity index (χ2v) is 9.38. The fourth-order valence-electron chi connectivity index (χ4n) is 3.60. The number of para-hydroxylation sites is 1. The van der Waals surface area contributed by atoms with Gasteiger partial charge in [0.25, 0.3) is 0 Å². The molecule has 0 aliphatic heterocycles. The summed E-state index contributed by atoms with van der Waals surface area (Å²) in [7, 11) is 0. The van der Waals surface area contributed by atoms with Gasteiger partial charge in [0.1, 0.15) is 0 Å². The third-order valence-electron chi connectivity index (χ3n) is 5.83. The van der Waals surface area contributed by atoms with Crippen molar-refractivity contribution in [2.75, 3.05) is 5.32 Å². The van der Waals surface area contributed by atoms with Crippen LogP contribution in [0.1, 0.15) is 51.1 Å². The lowest BCUT2D eigenvalue weighted by Gasteiger charge is -2.29. The van der Waals surface area contributed by atoms with Gasteiger partial charge in [-0.05, 0) is 42.7 Å². The normalized spacial score (nSPS) is 11.6. The number of carbonyl (C=O) groups is 2. The Kier molecular flexibility index (Phi) is 7.44. The van der Waals surface area contributed by atoms with Crippen molar-refractivity contribution < 1.29 is 9.59 Å². The van der Waals surface area contributed by atoms with Crippen molar-refractivity contribution in [3.8, 4) is 0 Å². The highest BCUT2D eigenvalue weighted by molar-refractivity contribution is 7.18. The molecule has 0 fully saturated rings. The molecule has 0 bridgehead atoms. The van der Waals surface area contributed by atoms with Crippen LogP contribution in [0, 0.1) is 11.3 Å². The lowest BCUT2D eigenvalue weighted by atomic mass is 9.78. The van der Waals surface area contributed by atoms with Gasteiger partial charge in [-0.15, -0.1) is 11.3 Å². The van der Waals surface area contributed by atoms with E-state index in [1.54, 1.807) is 11.3 Å². The van der Waals surface area contributed by atoms with Gasteiger partial charge in [-0.1, -0.05) is 52.0 Å². The summed E-state index contributed by atoms with van der Waals surface area (Å²) in [6.07, 6.45) is 2.13. The first-order chi connectivity index (χ1) is 14.9. The van der Waals surface area contributed by atoms with Gasteiger partial charge in [0.05, 0.1) is 20.6 Å². The van der Waals surface area contributed by atoms with Crippen molar-refractivity contribution in [2.45, 2.75) is 53.5 Å². The van der Waals surface area contributed by atoms with Crippen LogP contribution in [0.15, 0.2) is 48.5 Å². The Hall–Kier alpha value is -2.73. The summed E-state index contributed by atoms with van der Waals surface area (Å²) < 4.78 is 1.15. The van der Waals surface area contributed by atoms with E-state index in [-0.39, 0.29) is 17.7 Å². The fourth-order valence-corrected chi connectivity index (χ4v) is 4.71. The summed E-state index contributed by atoms with van der Waals surface area (Å²) in [5.74, 6) is -0.0537. The molecular formula is C25H31N3O2S. The number of hydrogen-bond acceptors (Lipinski definition) is 4. The number of anilines is 1. The van der Waals surface area contributed by atoms with Crippen LogP contribution >= 0.6 is 11.3 Å². The Bertz CT molecular complexity index is 1020. The number of nitrogens with zero attached hydrogens (tertiary/aromatic N) is 1. The number of benzene rings is 2. The Balaban J connectivity index is 1.69. The van der Waals surface area contributed by atoms with Crippen molar-refractivity contribution >= 4 is 39.1 Å². The van der Waals surface area contributed by atoms with Crippen LogP contribution in [0.2, 0.25) is 0 Å². The first-order valence-electron chi connectivity index (χ1n) is 10.9. The van der Waals surface area contributed by atoms with Crippen molar-refractivity contribution in [2.24, 2.45) is 11.3 Å². The Morgan fingerprint density at radius 1 is 1.06 bits per heavy atom. The second kappa shape index (κ2) is 10.1. The second-order valence-electron chi connectivity index (χ2n) is 8.27. The molecule has 0 atom stereocenters. The third kappa shape index (κ3) is 5.50. The molecule has 1 aromatic heterocycles.